The largest absolute Gasteiger partial charge is 0.458 e. The summed E-state index contributed by atoms with van der Waals surface area (Å²) in [5, 5.41) is 2.03. The predicted octanol–water partition coefficient (Wildman–Crippen LogP) is 9.50. The summed E-state index contributed by atoms with van der Waals surface area (Å²) in [6, 6.07) is 41.8. The maximum Gasteiger partial charge on any atom is 0.260 e. The average Bonchev–Trinajstić information content (AvgIpc) is 3.54. The van der Waals surface area contributed by atoms with Crippen LogP contribution in [0.3, 0.4) is 0 Å². The van der Waals surface area contributed by atoms with Crippen LogP contribution in [0.25, 0.3) is 38.9 Å². The average molecular weight is 676 g/mol. The number of ether oxygens (including phenoxy) is 3. The Morgan fingerprint density at radius 3 is 2.19 bits per heavy atom. The van der Waals surface area contributed by atoms with Gasteiger partial charge < -0.3 is 14.2 Å². The Morgan fingerprint density at radius 1 is 0.692 bits per heavy atom. The van der Waals surface area contributed by atoms with Crippen LogP contribution in [0.15, 0.2) is 128 Å². The molecule has 0 fully saturated rings. The zero-order valence-electron chi connectivity index (χ0n) is 29.3. The van der Waals surface area contributed by atoms with Crippen molar-refractivity contribution in [3.8, 4) is 51.7 Å². The lowest BCUT2D eigenvalue weighted by Gasteiger charge is -2.34. The second-order valence-corrected chi connectivity index (χ2v) is 14.1. The van der Waals surface area contributed by atoms with Crippen molar-refractivity contribution >= 4 is 44.9 Å². The van der Waals surface area contributed by atoms with Crippen molar-refractivity contribution in [3.05, 3.63) is 144 Å². The molecule has 0 bridgehead atoms. The van der Waals surface area contributed by atoms with E-state index in [-0.39, 0.29) is 6.71 Å². The van der Waals surface area contributed by atoms with Gasteiger partial charge in [0.25, 0.3) is 6.71 Å². The van der Waals surface area contributed by atoms with Gasteiger partial charge in [-0.3, -0.25) is 4.57 Å². The van der Waals surface area contributed by atoms with E-state index in [0.717, 1.165) is 78.3 Å². The van der Waals surface area contributed by atoms with Gasteiger partial charge in [-0.25, -0.2) is 9.97 Å². The summed E-state index contributed by atoms with van der Waals surface area (Å²) in [5.74, 6) is 5.70. The molecule has 6 nitrogen and oxygen atoms in total. The summed E-state index contributed by atoms with van der Waals surface area (Å²) in [6.45, 7) is 8.55. The fourth-order valence-electron chi connectivity index (χ4n) is 7.93. The molecule has 0 amide bonds. The van der Waals surface area contributed by atoms with Crippen LogP contribution >= 0.6 is 0 Å². The van der Waals surface area contributed by atoms with E-state index in [0.29, 0.717) is 17.5 Å². The van der Waals surface area contributed by atoms with E-state index in [4.69, 9.17) is 19.2 Å². The van der Waals surface area contributed by atoms with Gasteiger partial charge in [0.2, 0.25) is 5.88 Å². The molecule has 0 saturated heterocycles. The van der Waals surface area contributed by atoms with Crippen molar-refractivity contribution in [1.29, 1.82) is 0 Å². The first-order chi connectivity index (χ1) is 25.4. The number of rotatable bonds is 5. The van der Waals surface area contributed by atoms with Crippen LogP contribution in [0.1, 0.15) is 36.5 Å². The molecule has 2 aliphatic rings. The lowest BCUT2D eigenvalue weighted by Crippen LogP contribution is -2.57. The maximum absolute atomic E-state index is 6.76. The van der Waals surface area contributed by atoms with Gasteiger partial charge in [0.1, 0.15) is 34.6 Å². The molecule has 6 aromatic carbocycles. The van der Waals surface area contributed by atoms with Gasteiger partial charge in [0, 0.05) is 22.6 Å². The van der Waals surface area contributed by atoms with E-state index in [1.807, 2.05) is 42.5 Å². The van der Waals surface area contributed by atoms with Crippen LogP contribution in [-0.2, 0) is 0 Å². The number of benzene rings is 6. The minimum atomic E-state index is -0.166. The molecular formula is C45H34BN3O3. The Morgan fingerprint density at radius 2 is 1.40 bits per heavy atom. The van der Waals surface area contributed by atoms with E-state index in [1.165, 1.54) is 16.7 Å². The molecule has 2 aromatic heterocycles. The van der Waals surface area contributed by atoms with Crippen LogP contribution < -0.4 is 30.6 Å². The van der Waals surface area contributed by atoms with Crippen molar-refractivity contribution < 1.29 is 14.2 Å². The SMILES string of the molecule is Cc1cccc(C)c1-n1c(-c2ccc3c(c2)B2c4cc(Oc5nccc6ccccc56)ccc4Oc4cc(C(C)C)cc(c42)O3)nc2ccccc21. The number of aromatic nitrogens is 3. The number of hydrogen-bond acceptors (Lipinski definition) is 5. The van der Waals surface area contributed by atoms with Gasteiger partial charge in [-0.1, -0.05) is 68.4 Å². The van der Waals surface area contributed by atoms with Crippen molar-refractivity contribution in [2.75, 3.05) is 0 Å². The Bertz CT molecular complexity index is 2710. The molecule has 10 rings (SSSR count). The highest BCUT2D eigenvalue weighted by atomic mass is 16.5. The van der Waals surface area contributed by atoms with Crippen molar-refractivity contribution in [2.45, 2.75) is 33.6 Å². The smallest absolute Gasteiger partial charge is 0.260 e. The van der Waals surface area contributed by atoms with Crippen molar-refractivity contribution in [3.63, 3.8) is 0 Å². The molecule has 4 heterocycles. The number of hydrogen-bond donors (Lipinski definition) is 0. The Hall–Kier alpha value is -6.34. The fraction of sp³-hybridized carbons (Fsp3) is 0.111. The second-order valence-electron chi connectivity index (χ2n) is 14.1. The molecule has 250 valence electrons. The molecule has 0 unspecified atom stereocenters. The van der Waals surface area contributed by atoms with Crippen LogP contribution in [0.5, 0.6) is 34.6 Å². The van der Waals surface area contributed by atoms with Crippen LogP contribution in [0.2, 0.25) is 0 Å². The lowest BCUT2D eigenvalue weighted by molar-refractivity contribution is 0.456. The van der Waals surface area contributed by atoms with Gasteiger partial charge >= 0.3 is 0 Å². The number of nitrogens with zero attached hydrogens (tertiary/aromatic N) is 3. The monoisotopic (exact) mass is 675 g/mol. The van der Waals surface area contributed by atoms with E-state index in [9.17, 15) is 0 Å². The first kappa shape index (κ1) is 30.5. The highest BCUT2D eigenvalue weighted by molar-refractivity contribution is 6.98. The van der Waals surface area contributed by atoms with Gasteiger partial charge in [0.05, 0.1) is 16.7 Å². The van der Waals surface area contributed by atoms with Crippen molar-refractivity contribution in [1.82, 2.24) is 14.5 Å². The Balaban J connectivity index is 1.17. The summed E-state index contributed by atoms with van der Waals surface area (Å²) >= 11 is 0. The Labute approximate surface area is 302 Å². The molecule has 2 aliphatic heterocycles. The Kier molecular flexibility index (Phi) is 6.80. The normalized spacial score (nSPS) is 12.7. The molecular weight excluding hydrogens is 641 g/mol. The highest BCUT2D eigenvalue weighted by Crippen LogP contribution is 2.40. The first-order valence-corrected chi connectivity index (χ1v) is 17.8. The molecule has 0 radical (unpaired) electrons. The van der Waals surface area contributed by atoms with Crippen LogP contribution in [0, 0.1) is 13.8 Å². The molecule has 0 saturated carbocycles. The minimum absolute atomic E-state index is 0.166. The molecule has 0 N–H and O–H groups in total. The highest BCUT2D eigenvalue weighted by Gasteiger charge is 2.41. The third kappa shape index (κ3) is 4.73. The van der Waals surface area contributed by atoms with E-state index < -0.39 is 0 Å². The second kappa shape index (κ2) is 11.6. The molecule has 8 aromatic rings. The lowest BCUT2D eigenvalue weighted by atomic mass is 9.34. The van der Waals surface area contributed by atoms with Crippen LogP contribution in [0.4, 0.5) is 0 Å². The molecule has 7 heteroatoms. The fourth-order valence-corrected chi connectivity index (χ4v) is 7.93. The van der Waals surface area contributed by atoms with Gasteiger partial charge in [0.15, 0.2) is 0 Å². The number of imidazole rings is 1. The number of fused-ring (bicyclic) bond motifs is 6. The van der Waals surface area contributed by atoms with E-state index in [1.54, 1.807) is 6.20 Å². The van der Waals surface area contributed by atoms with Gasteiger partial charge in [-0.2, -0.15) is 0 Å². The number of pyridine rings is 1. The molecule has 0 spiro atoms. The van der Waals surface area contributed by atoms with Crippen LogP contribution in [-0.4, -0.2) is 21.2 Å². The molecule has 0 aliphatic carbocycles. The van der Waals surface area contributed by atoms with E-state index >= 15 is 0 Å². The number of para-hydroxylation sites is 3. The summed E-state index contributed by atoms with van der Waals surface area (Å²) in [7, 11) is 0. The standard InChI is InChI=1S/C45H34BN3O3/c1-26(2)31-23-40-42-41(24-31)52-39-19-17-32(50-45-33-13-6-5-12-29(33)20-21-47-45)25-35(39)46(42)34-22-30(16-18-38(34)51-40)44-48-36-14-7-8-15-37(36)49(44)43-27(3)10-9-11-28(43)4/h5-26H,1-4H3. The van der Waals surface area contributed by atoms with Gasteiger partial charge in [-0.15, -0.1) is 0 Å². The quantitative estimate of drug-likeness (QED) is 0.170. The maximum atomic E-state index is 6.76. The first-order valence-electron chi connectivity index (χ1n) is 17.8. The minimum Gasteiger partial charge on any atom is -0.458 e. The van der Waals surface area contributed by atoms with Gasteiger partial charge in [-0.05, 0) is 119 Å². The predicted molar refractivity (Wildman–Crippen MR) is 210 cm³/mol. The summed E-state index contributed by atoms with van der Waals surface area (Å²) in [6.07, 6.45) is 1.79. The summed E-state index contributed by atoms with van der Waals surface area (Å²) < 4.78 is 22.3. The molecule has 0 atom stereocenters. The summed E-state index contributed by atoms with van der Waals surface area (Å²) in [5.41, 5.74) is 10.8. The zero-order valence-corrected chi connectivity index (χ0v) is 29.3. The third-order valence-electron chi connectivity index (χ3n) is 10.5. The molecule has 52 heavy (non-hydrogen) atoms. The third-order valence-corrected chi connectivity index (χ3v) is 10.5. The van der Waals surface area contributed by atoms with Crippen molar-refractivity contribution in [2.24, 2.45) is 0 Å². The van der Waals surface area contributed by atoms with E-state index in [2.05, 4.69) is 116 Å². The summed E-state index contributed by atoms with van der Waals surface area (Å²) in [4.78, 5) is 9.85. The topological polar surface area (TPSA) is 58.4 Å². The number of aryl methyl sites for hydroxylation is 2. The zero-order chi connectivity index (χ0) is 35.1.